The van der Waals surface area contributed by atoms with Crippen LogP contribution in [0.15, 0.2) is 125 Å². The van der Waals surface area contributed by atoms with Crippen LogP contribution in [-0.4, -0.2) is 28.3 Å². The van der Waals surface area contributed by atoms with E-state index in [1.807, 2.05) is 42.5 Å². The standard InChI is InChI=1S/C26H21N2OP.C2H4O2.Pd/c29-26(21-12-4-1-5-13-21)28-27-20-22-14-10-11-19-25(22)30(23-15-6-2-7-16-23)24-17-8-3-9-18-24;1-2(3)4;/h1-20H,(H,28,29);1H3,(H,3,4);/b27-20+;;. The molecule has 0 saturated heterocycles. The third-order valence-corrected chi connectivity index (χ3v) is 7.11. The van der Waals surface area contributed by atoms with Crippen molar-refractivity contribution in [2.24, 2.45) is 10.2 Å². The summed E-state index contributed by atoms with van der Waals surface area (Å²) in [6.07, 6.45) is 1.72. The first-order valence-electron chi connectivity index (χ1n) is 10.6. The largest absolute Gasteiger partial charge is 0.492 e. The van der Waals surface area contributed by atoms with E-state index < -0.39 is 13.9 Å². The van der Waals surface area contributed by atoms with E-state index in [4.69, 9.17) is 9.90 Å². The maximum absolute atomic E-state index is 10.2. The fourth-order valence-corrected chi connectivity index (χ4v) is 5.59. The van der Waals surface area contributed by atoms with Crippen molar-refractivity contribution in [1.82, 2.24) is 0 Å². The zero-order valence-corrected chi connectivity index (χ0v) is 21.5. The molecule has 0 aliphatic rings. The quantitative estimate of drug-likeness (QED) is 0.113. The number of hydrogen-bond donors (Lipinski definition) is 2. The number of hydrogen-bond acceptors (Lipinski definition) is 3. The average molecular weight is 575 g/mol. The van der Waals surface area contributed by atoms with Gasteiger partial charge in [0.15, 0.2) is 0 Å². The van der Waals surface area contributed by atoms with Gasteiger partial charge in [-0.1, -0.05) is 103 Å². The van der Waals surface area contributed by atoms with Crippen LogP contribution in [-0.2, 0) is 25.2 Å². The maximum Gasteiger partial charge on any atom is 0.300 e. The zero-order valence-electron chi connectivity index (χ0n) is 19.0. The number of benzene rings is 4. The fraction of sp³-hybridized carbons (Fsp3) is 0.0357. The summed E-state index contributed by atoms with van der Waals surface area (Å²) in [6.45, 7) is 1.08. The van der Waals surface area contributed by atoms with Crippen LogP contribution in [0.5, 0.6) is 0 Å². The van der Waals surface area contributed by atoms with Crippen LogP contribution in [0.2, 0.25) is 0 Å². The summed E-state index contributed by atoms with van der Waals surface area (Å²) in [5, 5.41) is 29.5. The van der Waals surface area contributed by atoms with Crippen molar-refractivity contribution in [3.63, 3.8) is 0 Å². The molecule has 4 aromatic carbocycles. The Kier molecular flexibility index (Phi) is 11.7. The Morgan fingerprint density at radius 3 is 1.66 bits per heavy atom. The van der Waals surface area contributed by atoms with Gasteiger partial charge in [-0.2, -0.15) is 5.10 Å². The molecule has 2 N–H and O–H groups in total. The number of carboxylic acids is 1. The van der Waals surface area contributed by atoms with Crippen LogP contribution in [0.1, 0.15) is 18.1 Å². The summed E-state index contributed by atoms with van der Waals surface area (Å²) in [5.41, 5.74) is 1.62. The molecule has 0 aromatic heterocycles. The zero-order chi connectivity index (χ0) is 24.2. The second-order valence-electron chi connectivity index (χ2n) is 7.12. The maximum atomic E-state index is 10.2. The predicted molar refractivity (Wildman–Crippen MR) is 142 cm³/mol. The van der Waals surface area contributed by atoms with Gasteiger partial charge in [0.25, 0.3) is 5.97 Å². The molecule has 0 radical (unpaired) electrons. The molecule has 4 aromatic rings. The van der Waals surface area contributed by atoms with Gasteiger partial charge in [-0.15, -0.1) is 5.10 Å². The van der Waals surface area contributed by atoms with Crippen LogP contribution >= 0.6 is 7.92 Å². The summed E-state index contributed by atoms with van der Waals surface area (Å²) < 4.78 is 0. The predicted octanol–water partition coefficient (Wildman–Crippen LogP) is 4.87. The van der Waals surface area contributed by atoms with Crippen molar-refractivity contribution >= 4 is 41.9 Å². The number of aliphatic hydroxyl groups is 1. The van der Waals surface area contributed by atoms with E-state index in [2.05, 4.69) is 70.9 Å². The molecule has 5 nitrogen and oxygen atoms in total. The monoisotopic (exact) mass is 574 g/mol. The van der Waals surface area contributed by atoms with Gasteiger partial charge >= 0.3 is 0 Å². The third-order valence-electron chi connectivity index (χ3n) is 4.59. The Bertz CT molecular complexity index is 1210. The first-order valence-corrected chi connectivity index (χ1v) is 11.9. The number of aliphatic hydroxyl groups excluding tert-OH is 1. The number of nitrogens with zero attached hydrogens (tertiary/aromatic N) is 2. The van der Waals surface area contributed by atoms with Crippen molar-refractivity contribution in [2.45, 2.75) is 6.92 Å². The normalized spacial score (nSPS) is 10.9. The van der Waals surface area contributed by atoms with Gasteiger partial charge in [0.2, 0.25) is 5.90 Å². The Morgan fingerprint density at radius 1 is 0.714 bits per heavy atom. The molecule has 0 fully saturated rings. The molecule has 0 atom stereocenters. The summed E-state index contributed by atoms with van der Waals surface area (Å²) in [7, 11) is -0.745. The van der Waals surface area contributed by atoms with Crippen LogP contribution in [0.3, 0.4) is 0 Å². The van der Waals surface area contributed by atoms with Gasteiger partial charge in [-0.05, 0) is 36.0 Å². The minimum absolute atomic E-state index is 0. The molecular weight excluding hydrogens is 550 g/mol. The van der Waals surface area contributed by atoms with E-state index in [1.165, 1.54) is 15.9 Å². The van der Waals surface area contributed by atoms with E-state index >= 15 is 0 Å². The van der Waals surface area contributed by atoms with Crippen molar-refractivity contribution in [2.75, 3.05) is 0 Å². The van der Waals surface area contributed by atoms with Crippen molar-refractivity contribution in [1.29, 1.82) is 0 Å². The molecule has 0 heterocycles. The van der Waals surface area contributed by atoms with Gasteiger partial charge in [0.05, 0.1) is 6.21 Å². The number of carboxylic acid groups (broad SMARTS) is 1. The Morgan fingerprint density at radius 2 is 1.14 bits per heavy atom. The Labute approximate surface area is 220 Å². The average Bonchev–Trinajstić information content (AvgIpc) is 2.87. The molecule has 0 amide bonds. The van der Waals surface area contributed by atoms with Crippen LogP contribution in [0.25, 0.3) is 0 Å². The van der Waals surface area contributed by atoms with Crippen LogP contribution in [0.4, 0.5) is 0 Å². The fourth-order valence-electron chi connectivity index (χ4n) is 3.17. The van der Waals surface area contributed by atoms with Crippen molar-refractivity contribution in [3.8, 4) is 0 Å². The van der Waals surface area contributed by atoms with Gasteiger partial charge in [-0.25, -0.2) is 0 Å². The van der Waals surface area contributed by atoms with Gasteiger partial charge in [-0.3, -0.25) is 4.79 Å². The molecular formula is C28H25N2O3PPd. The van der Waals surface area contributed by atoms with E-state index in [0.717, 1.165) is 12.5 Å². The van der Waals surface area contributed by atoms with E-state index in [0.29, 0.717) is 5.56 Å². The summed E-state index contributed by atoms with van der Waals surface area (Å²) in [4.78, 5) is 9.00. The van der Waals surface area contributed by atoms with E-state index in [-0.39, 0.29) is 26.3 Å². The minimum atomic E-state index is -0.833. The summed E-state index contributed by atoms with van der Waals surface area (Å²) >= 11 is 0. The van der Waals surface area contributed by atoms with Crippen molar-refractivity contribution in [3.05, 3.63) is 126 Å². The molecule has 0 spiro atoms. The second kappa shape index (κ2) is 14.8. The smallest absolute Gasteiger partial charge is 0.300 e. The minimum Gasteiger partial charge on any atom is -0.492 e. The number of rotatable bonds is 6. The van der Waals surface area contributed by atoms with Crippen LogP contribution < -0.4 is 15.9 Å². The van der Waals surface area contributed by atoms with E-state index in [9.17, 15) is 5.11 Å². The van der Waals surface area contributed by atoms with Crippen molar-refractivity contribution < 1.29 is 35.4 Å². The molecule has 4 rings (SSSR count). The molecule has 0 aliphatic carbocycles. The van der Waals surface area contributed by atoms with Gasteiger partial charge in [0.1, 0.15) is 0 Å². The van der Waals surface area contributed by atoms with Gasteiger partial charge in [0, 0.05) is 38.5 Å². The van der Waals surface area contributed by atoms with Crippen LogP contribution in [0, 0.1) is 0 Å². The number of carbonyl (C=O) groups is 1. The molecule has 0 bridgehead atoms. The Balaban J connectivity index is 0.000000804. The SMILES string of the molecule is CC(=O)O.O/C(=N\N=C\c1ccccc1P(c1ccccc1)c1ccccc1)c1ccccc1.[Pd]. The topological polar surface area (TPSA) is 82.2 Å². The van der Waals surface area contributed by atoms with E-state index in [1.54, 1.807) is 18.3 Å². The summed E-state index contributed by atoms with van der Waals surface area (Å²) in [5.74, 6) is -0.933. The first-order chi connectivity index (χ1) is 16.6. The molecule has 180 valence electrons. The Hall–Kier alpha value is -3.42. The molecule has 35 heavy (non-hydrogen) atoms. The summed E-state index contributed by atoms with van der Waals surface area (Å²) in [6, 6.07) is 38.5. The molecule has 0 unspecified atom stereocenters. The molecule has 7 heteroatoms. The number of aliphatic carboxylic acids is 1. The second-order valence-corrected chi connectivity index (χ2v) is 9.30. The molecule has 0 saturated carbocycles. The third kappa shape index (κ3) is 8.70. The van der Waals surface area contributed by atoms with Gasteiger partial charge < -0.3 is 10.2 Å². The first kappa shape index (κ1) is 27.8. The molecule has 0 aliphatic heterocycles.